The third-order valence-corrected chi connectivity index (χ3v) is 1.73. The van der Waals surface area contributed by atoms with Gasteiger partial charge < -0.3 is 5.73 Å². The monoisotopic (exact) mass is 153 g/mol. The molecule has 0 fully saturated rings. The summed E-state index contributed by atoms with van der Waals surface area (Å²) in [4.78, 5) is 0. The largest absolute Gasteiger partial charge is 0.323 e. The number of nitrogens with one attached hydrogen (secondary N) is 1. The van der Waals surface area contributed by atoms with Crippen LogP contribution in [0.5, 0.6) is 0 Å². The summed E-state index contributed by atoms with van der Waals surface area (Å²) in [7, 11) is 0. The second-order valence-electron chi connectivity index (χ2n) is 2.85. The first-order valence-electron chi connectivity index (χ1n) is 4.03. The van der Waals surface area contributed by atoms with Crippen LogP contribution >= 0.6 is 0 Å². The molecule has 0 amide bonds. The number of nitrogens with two attached hydrogens (primary N) is 1. The molecule has 0 aromatic carbocycles. The highest BCUT2D eigenvalue weighted by molar-refractivity contribution is 5.18. The number of H-pyrrole nitrogens is 1. The topological polar surface area (TPSA) is 54.7 Å². The lowest BCUT2D eigenvalue weighted by Gasteiger charge is -2.03. The molecule has 1 atom stereocenters. The molecular weight excluding hydrogens is 138 g/mol. The van der Waals surface area contributed by atoms with Gasteiger partial charge in [0.1, 0.15) is 0 Å². The van der Waals surface area contributed by atoms with E-state index < -0.39 is 0 Å². The number of rotatable bonds is 3. The Morgan fingerprint density at radius 2 is 2.45 bits per heavy atom. The Balaban J connectivity index is 2.78. The molecule has 0 radical (unpaired) electrons. The van der Waals surface area contributed by atoms with E-state index in [9.17, 15) is 0 Å². The van der Waals surface area contributed by atoms with Crippen LogP contribution in [-0.2, 0) is 6.42 Å². The third kappa shape index (κ3) is 1.80. The minimum absolute atomic E-state index is 0.0686. The zero-order valence-electron chi connectivity index (χ0n) is 7.09. The molecule has 0 saturated heterocycles. The molecule has 3 nitrogen and oxygen atoms in total. The lowest BCUT2D eigenvalue weighted by Crippen LogP contribution is -2.07. The highest BCUT2D eigenvalue weighted by Gasteiger charge is 2.06. The first-order valence-corrected chi connectivity index (χ1v) is 4.03. The molecule has 1 rings (SSSR count). The fourth-order valence-electron chi connectivity index (χ4n) is 1.18. The van der Waals surface area contributed by atoms with E-state index in [-0.39, 0.29) is 6.04 Å². The fraction of sp³-hybridized carbons (Fsp3) is 0.625. The van der Waals surface area contributed by atoms with E-state index in [1.807, 2.05) is 13.1 Å². The van der Waals surface area contributed by atoms with Crippen LogP contribution in [0.4, 0.5) is 0 Å². The maximum atomic E-state index is 5.72. The van der Waals surface area contributed by atoms with E-state index in [2.05, 4.69) is 17.1 Å². The van der Waals surface area contributed by atoms with Crippen molar-refractivity contribution in [3.8, 4) is 0 Å². The molecule has 0 aliphatic rings. The van der Waals surface area contributed by atoms with Crippen molar-refractivity contribution in [3.63, 3.8) is 0 Å². The summed E-state index contributed by atoms with van der Waals surface area (Å²) in [5, 5.41) is 6.87. The number of hydrogen-bond acceptors (Lipinski definition) is 2. The van der Waals surface area contributed by atoms with Crippen LogP contribution in [0.15, 0.2) is 6.20 Å². The molecular formula is C8H15N3. The average Bonchev–Trinajstić information content (AvgIpc) is 2.36. The Labute approximate surface area is 67.0 Å². The molecule has 1 unspecified atom stereocenters. The summed E-state index contributed by atoms with van der Waals surface area (Å²) in [6, 6.07) is 0.0686. The van der Waals surface area contributed by atoms with Crippen molar-refractivity contribution in [2.75, 3.05) is 0 Å². The molecule has 3 N–H and O–H groups in total. The second-order valence-corrected chi connectivity index (χ2v) is 2.85. The van der Waals surface area contributed by atoms with Crippen LogP contribution in [0.25, 0.3) is 0 Å². The third-order valence-electron chi connectivity index (χ3n) is 1.73. The Morgan fingerprint density at radius 3 is 3.00 bits per heavy atom. The molecule has 0 spiro atoms. The summed E-state index contributed by atoms with van der Waals surface area (Å²) in [6.07, 6.45) is 4.06. The zero-order chi connectivity index (χ0) is 8.27. The van der Waals surface area contributed by atoms with E-state index in [0.717, 1.165) is 18.5 Å². The lowest BCUT2D eigenvalue weighted by atomic mass is 10.1. The van der Waals surface area contributed by atoms with Gasteiger partial charge in [-0.3, -0.25) is 5.10 Å². The van der Waals surface area contributed by atoms with Crippen molar-refractivity contribution in [3.05, 3.63) is 17.5 Å². The van der Waals surface area contributed by atoms with Crippen LogP contribution in [0.1, 0.15) is 37.6 Å². The first-order chi connectivity index (χ1) is 5.25. The van der Waals surface area contributed by atoms with Gasteiger partial charge in [0.25, 0.3) is 0 Å². The molecule has 0 aliphatic carbocycles. The summed E-state index contributed by atoms with van der Waals surface area (Å²) < 4.78 is 0. The van der Waals surface area contributed by atoms with Crippen LogP contribution in [0.2, 0.25) is 0 Å². The number of aromatic nitrogens is 2. The van der Waals surface area contributed by atoms with Gasteiger partial charge >= 0.3 is 0 Å². The predicted molar refractivity (Wildman–Crippen MR) is 45.2 cm³/mol. The van der Waals surface area contributed by atoms with Crippen molar-refractivity contribution >= 4 is 0 Å². The van der Waals surface area contributed by atoms with Crippen LogP contribution in [0, 0.1) is 0 Å². The normalized spacial score (nSPS) is 13.4. The van der Waals surface area contributed by atoms with Gasteiger partial charge in [0, 0.05) is 6.04 Å². The van der Waals surface area contributed by atoms with Crippen molar-refractivity contribution in [1.82, 2.24) is 10.2 Å². The predicted octanol–water partition coefficient (Wildman–Crippen LogP) is 1.38. The molecule has 1 aromatic rings. The van der Waals surface area contributed by atoms with Gasteiger partial charge in [-0.05, 0) is 18.9 Å². The lowest BCUT2D eigenvalue weighted by molar-refractivity contribution is 0.753. The number of aromatic amines is 1. The molecule has 3 heteroatoms. The zero-order valence-corrected chi connectivity index (χ0v) is 7.09. The van der Waals surface area contributed by atoms with Gasteiger partial charge in [-0.15, -0.1) is 0 Å². The maximum absolute atomic E-state index is 5.72. The Hall–Kier alpha value is -0.830. The molecule has 1 heterocycles. The van der Waals surface area contributed by atoms with Crippen molar-refractivity contribution < 1.29 is 0 Å². The highest BCUT2D eigenvalue weighted by atomic mass is 15.1. The molecule has 1 aromatic heterocycles. The van der Waals surface area contributed by atoms with E-state index >= 15 is 0 Å². The minimum Gasteiger partial charge on any atom is -0.323 e. The second kappa shape index (κ2) is 3.53. The van der Waals surface area contributed by atoms with Crippen molar-refractivity contribution in [2.24, 2.45) is 5.73 Å². The number of nitrogens with zero attached hydrogens (tertiary/aromatic N) is 1. The van der Waals surface area contributed by atoms with Crippen LogP contribution in [-0.4, -0.2) is 10.2 Å². The van der Waals surface area contributed by atoms with Gasteiger partial charge in [0.05, 0.1) is 11.9 Å². The van der Waals surface area contributed by atoms with E-state index in [1.54, 1.807) is 0 Å². The highest BCUT2D eigenvalue weighted by Crippen LogP contribution is 2.13. The van der Waals surface area contributed by atoms with E-state index in [1.165, 1.54) is 5.56 Å². The SMILES string of the molecule is CCCc1cn[nH]c1C(C)N. The summed E-state index contributed by atoms with van der Waals surface area (Å²) in [6.45, 7) is 4.12. The molecule has 62 valence electrons. The smallest absolute Gasteiger partial charge is 0.0548 e. The maximum Gasteiger partial charge on any atom is 0.0548 e. The Morgan fingerprint density at radius 1 is 1.73 bits per heavy atom. The Kier molecular flexibility index (Phi) is 2.65. The van der Waals surface area contributed by atoms with E-state index in [4.69, 9.17) is 5.73 Å². The quantitative estimate of drug-likeness (QED) is 0.689. The van der Waals surface area contributed by atoms with Crippen molar-refractivity contribution in [2.45, 2.75) is 32.7 Å². The Bertz CT molecular complexity index is 215. The van der Waals surface area contributed by atoms with Crippen LogP contribution < -0.4 is 5.73 Å². The molecule has 11 heavy (non-hydrogen) atoms. The molecule has 0 bridgehead atoms. The fourth-order valence-corrected chi connectivity index (χ4v) is 1.18. The summed E-state index contributed by atoms with van der Waals surface area (Å²) in [5.74, 6) is 0. The van der Waals surface area contributed by atoms with Crippen LogP contribution in [0.3, 0.4) is 0 Å². The molecule has 0 saturated carbocycles. The summed E-state index contributed by atoms with van der Waals surface area (Å²) in [5.41, 5.74) is 8.05. The van der Waals surface area contributed by atoms with Gasteiger partial charge in [0.2, 0.25) is 0 Å². The minimum atomic E-state index is 0.0686. The number of hydrogen-bond donors (Lipinski definition) is 2. The van der Waals surface area contributed by atoms with Gasteiger partial charge in [-0.2, -0.15) is 5.10 Å². The van der Waals surface area contributed by atoms with Crippen molar-refractivity contribution in [1.29, 1.82) is 0 Å². The van der Waals surface area contributed by atoms with Gasteiger partial charge in [-0.25, -0.2) is 0 Å². The van der Waals surface area contributed by atoms with Gasteiger partial charge in [-0.1, -0.05) is 13.3 Å². The van der Waals surface area contributed by atoms with Gasteiger partial charge in [0.15, 0.2) is 0 Å². The summed E-state index contributed by atoms with van der Waals surface area (Å²) >= 11 is 0. The molecule has 0 aliphatic heterocycles. The number of aryl methyl sites for hydroxylation is 1. The average molecular weight is 153 g/mol. The first kappa shape index (κ1) is 8.27. The standard InChI is InChI=1S/C8H15N3/c1-3-4-7-5-10-11-8(7)6(2)9/h5-6H,3-4,9H2,1-2H3,(H,10,11). The van der Waals surface area contributed by atoms with E-state index in [0.29, 0.717) is 0 Å².